The van der Waals surface area contributed by atoms with Gasteiger partial charge >= 0.3 is 5.97 Å². The van der Waals surface area contributed by atoms with Gasteiger partial charge in [-0.2, -0.15) is 0 Å². The van der Waals surface area contributed by atoms with Crippen molar-refractivity contribution in [1.29, 1.82) is 0 Å². The van der Waals surface area contributed by atoms with Crippen LogP contribution in [-0.4, -0.2) is 27.0 Å². The number of carboxylic acids is 1. The lowest BCUT2D eigenvalue weighted by Gasteiger charge is -2.40. The molecule has 1 fully saturated rings. The van der Waals surface area contributed by atoms with Gasteiger partial charge in [0, 0.05) is 12.0 Å². The zero-order valence-corrected chi connectivity index (χ0v) is 14.7. The molecule has 0 spiro atoms. The fraction of sp³-hybridized carbons (Fsp3) is 0.421. The van der Waals surface area contributed by atoms with Gasteiger partial charge in [0.05, 0.1) is 24.2 Å². The van der Waals surface area contributed by atoms with Gasteiger partial charge in [-0.25, -0.2) is 0 Å². The van der Waals surface area contributed by atoms with E-state index in [0.717, 1.165) is 22.4 Å². The Labute approximate surface area is 146 Å². The first-order chi connectivity index (χ1) is 11.9. The summed E-state index contributed by atoms with van der Waals surface area (Å²) in [4.78, 5) is 26.2. The first-order valence-corrected chi connectivity index (χ1v) is 8.39. The van der Waals surface area contributed by atoms with E-state index < -0.39 is 17.9 Å². The summed E-state index contributed by atoms with van der Waals surface area (Å²) in [6.07, 6.45) is 0.591. The number of benzene rings is 1. The molecule has 25 heavy (non-hydrogen) atoms. The van der Waals surface area contributed by atoms with E-state index >= 15 is 0 Å². The molecule has 3 rings (SSSR count). The molecule has 2 atom stereocenters. The van der Waals surface area contributed by atoms with Gasteiger partial charge in [-0.15, -0.1) is 0 Å². The average Bonchev–Trinajstić information content (AvgIpc) is 2.88. The number of carbonyl (C=O) groups is 2. The zero-order chi connectivity index (χ0) is 18.1. The molecule has 1 N–H and O–H groups in total. The Kier molecular flexibility index (Phi) is 4.61. The maximum atomic E-state index is 12.7. The normalized spacial score (nSPS) is 20.8. The molecule has 1 aromatic carbocycles. The third-order valence-corrected chi connectivity index (χ3v) is 4.92. The summed E-state index contributed by atoms with van der Waals surface area (Å²) in [5.74, 6) is -0.877. The second kappa shape index (κ2) is 6.70. The standard InChI is InChI=1S/C19H22N2O4/c1-11-5-4-6-14(9-11)18-15(19(23)24)7-8-17(22)21(18)10-16-12(2)20-25-13(16)3/h4-6,9,15,18H,7-8,10H2,1-3H3,(H,23,24)/t15-,18-/m0/s1. The van der Waals surface area contributed by atoms with Crippen LogP contribution in [-0.2, 0) is 16.1 Å². The molecule has 1 aliphatic heterocycles. The largest absolute Gasteiger partial charge is 0.481 e. The molecule has 0 saturated carbocycles. The number of hydrogen-bond acceptors (Lipinski definition) is 4. The lowest BCUT2D eigenvalue weighted by molar-refractivity contribution is -0.152. The maximum absolute atomic E-state index is 12.7. The Morgan fingerprint density at radius 3 is 2.72 bits per heavy atom. The number of hydrogen-bond donors (Lipinski definition) is 1. The van der Waals surface area contributed by atoms with Crippen LogP contribution in [0.3, 0.4) is 0 Å². The Balaban J connectivity index is 2.04. The van der Waals surface area contributed by atoms with Crippen LogP contribution in [0.15, 0.2) is 28.8 Å². The predicted octanol–water partition coefficient (Wildman–Crippen LogP) is 3.16. The number of aliphatic carboxylic acids is 1. The van der Waals surface area contributed by atoms with Crippen molar-refractivity contribution >= 4 is 11.9 Å². The van der Waals surface area contributed by atoms with E-state index in [4.69, 9.17) is 4.52 Å². The van der Waals surface area contributed by atoms with Gasteiger partial charge in [0.2, 0.25) is 5.91 Å². The van der Waals surface area contributed by atoms with E-state index in [1.165, 1.54) is 0 Å². The van der Waals surface area contributed by atoms with Crippen LogP contribution in [0.4, 0.5) is 0 Å². The van der Waals surface area contributed by atoms with Gasteiger partial charge < -0.3 is 14.5 Å². The number of likely N-dealkylation sites (tertiary alicyclic amines) is 1. The van der Waals surface area contributed by atoms with Gasteiger partial charge in [-0.3, -0.25) is 9.59 Å². The fourth-order valence-corrected chi connectivity index (χ4v) is 3.56. The molecule has 6 nitrogen and oxygen atoms in total. The van der Waals surface area contributed by atoms with E-state index in [1.807, 2.05) is 38.1 Å². The number of amides is 1. The molecule has 0 aliphatic carbocycles. The quantitative estimate of drug-likeness (QED) is 0.923. The summed E-state index contributed by atoms with van der Waals surface area (Å²) in [7, 11) is 0. The van der Waals surface area contributed by atoms with Crippen LogP contribution in [0.25, 0.3) is 0 Å². The van der Waals surface area contributed by atoms with Crippen molar-refractivity contribution in [3.63, 3.8) is 0 Å². The summed E-state index contributed by atoms with van der Waals surface area (Å²) in [6.45, 7) is 5.90. The van der Waals surface area contributed by atoms with Crippen LogP contribution in [0.5, 0.6) is 0 Å². The number of aromatic nitrogens is 1. The van der Waals surface area contributed by atoms with Crippen molar-refractivity contribution in [3.8, 4) is 0 Å². The maximum Gasteiger partial charge on any atom is 0.308 e. The van der Waals surface area contributed by atoms with Gasteiger partial charge in [-0.1, -0.05) is 35.0 Å². The molecular formula is C19H22N2O4. The smallest absolute Gasteiger partial charge is 0.308 e. The summed E-state index contributed by atoms with van der Waals surface area (Å²) in [5, 5.41) is 13.7. The molecule has 2 aromatic rings. The molecule has 0 unspecified atom stereocenters. The minimum Gasteiger partial charge on any atom is -0.481 e. The zero-order valence-electron chi connectivity index (χ0n) is 14.7. The van der Waals surface area contributed by atoms with Crippen molar-refractivity contribution in [2.24, 2.45) is 5.92 Å². The highest BCUT2D eigenvalue weighted by Gasteiger charge is 2.41. The first-order valence-electron chi connectivity index (χ1n) is 8.39. The molecule has 0 bridgehead atoms. The second-order valence-corrected chi connectivity index (χ2v) is 6.67. The van der Waals surface area contributed by atoms with Gasteiger partial charge in [0.1, 0.15) is 5.76 Å². The van der Waals surface area contributed by atoms with Crippen LogP contribution in [0.1, 0.15) is 47.0 Å². The second-order valence-electron chi connectivity index (χ2n) is 6.67. The van der Waals surface area contributed by atoms with Crippen molar-refractivity contribution in [2.45, 2.75) is 46.2 Å². The van der Waals surface area contributed by atoms with E-state index in [-0.39, 0.29) is 12.3 Å². The first kappa shape index (κ1) is 17.2. The molecule has 6 heteroatoms. The summed E-state index contributed by atoms with van der Waals surface area (Å²) < 4.78 is 5.20. The lowest BCUT2D eigenvalue weighted by atomic mass is 9.83. The van der Waals surface area contributed by atoms with Gasteiger partial charge in [0.25, 0.3) is 0 Å². The number of carbonyl (C=O) groups excluding carboxylic acids is 1. The molecule has 1 saturated heterocycles. The highest BCUT2D eigenvalue weighted by atomic mass is 16.5. The SMILES string of the molecule is Cc1cccc([C@H]2[C@@H](C(=O)O)CCC(=O)N2Cc2c(C)noc2C)c1. The Bertz CT molecular complexity index is 792. The third-order valence-electron chi connectivity index (χ3n) is 4.92. The van der Waals surface area contributed by atoms with E-state index in [0.29, 0.717) is 18.7 Å². The molecule has 1 aromatic heterocycles. The number of carboxylic acid groups (broad SMARTS) is 1. The topological polar surface area (TPSA) is 83.6 Å². The van der Waals surface area contributed by atoms with Gasteiger partial charge in [-0.05, 0) is 32.8 Å². The fourth-order valence-electron chi connectivity index (χ4n) is 3.56. The van der Waals surface area contributed by atoms with E-state index in [2.05, 4.69) is 5.16 Å². The monoisotopic (exact) mass is 342 g/mol. The number of aryl methyl sites for hydroxylation is 3. The number of piperidine rings is 1. The predicted molar refractivity (Wildman–Crippen MR) is 90.8 cm³/mol. The molecule has 132 valence electrons. The third kappa shape index (κ3) is 3.29. The Hall–Kier alpha value is -2.63. The van der Waals surface area contributed by atoms with Crippen molar-refractivity contribution in [2.75, 3.05) is 0 Å². The Morgan fingerprint density at radius 1 is 1.36 bits per heavy atom. The number of rotatable bonds is 4. The van der Waals surface area contributed by atoms with Crippen molar-refractivity contribution < 1.29 is 19.2 Å². The van der Waals surface area contributed by atoms with Crippen molar-refractivity contribution in [1.82, 2.24) is 10.1 Å². The minimum absolute atomic E-state index is 0.0380. The minimum atomic E-state index is -0.872. The summed E-state index contributed by atoms with van der Waals surface area (Å²) in [6, 6.07) is 7.22. The van der Waals surface area contributed by atoms with E-state index in [1.54, 1.807) is 11.8 Å². The molecule has 2 heterocycles. The molecule has 1 aliphatic rings. The van der Waals surface area contributed by atoms with Crippen LogP contribution in [0.2, 0.25) is 0 Å². The average molecular weight is 342 g/mol. The van der Waals surface area contributed by atoms with Crippen LogP contribution >= 0.6 is 0 Å². The van der Waals surface area contributed by atoms with E-state index in [9.17, 15) is 14.7 Å². The summed E-state index contributed by atoms with van der Waals surface area (Å²) in [5.41, 5.74) is 3.46. The van der Waals surface area contributed by atoms with Crippen LogP contribution in [0, 0.1) is 26.7 Å². The lowest BCUT2D eigenvalue weighted by Crippen LogP contribution is -2.45. The van der Waals surface area contributed by atoms with Crippen molar-refractivity contribution in [3.05, 3.63) is 52.4 Å². The Morgan fingerprint density at radius 2 is 2.12 bits per heavy atom. The summed E-state index contributed by atoms with van der Waals surface area (Å²) >= 11 is 0. The highest BCUT2D eigenvalue weighted by molar-refractivity contribution is 5.81. The molecule has 0 radical (unpaired) electrons. The van der Waals surface area contributed by atoms with Gasteiger partial charge in [0.15, 0.2) is 0 Å². The molecular weight excluding hydrogens is 320 g/mol. The molecule has 1 amide bonds. The van der Waals surface area contributed by atoms with Crippen LogP contribution < -0.4 is 0 Å². The number of nitrogens with zero attached hydrogens (tertiary/aromatic N) is 2. The highest BCUT2D eigenvalue weighted by Crippen LogP contribution is 2.38.